The molecule has 0 spiro atoms. The van der Waals surface area contributed by atoms with Gasteiger partial charge in [0.15, 0.2) is 0 Å². The van der Waals surface area contributed by atoms with Crippen molar-refractivity contribution < 1.29 is 0 Å². The van der Waals surface area contributed by atoms with Crippen molar-refractivity contribution in [1.82, 2.24) is 9.55 Å². The summed E-state index contributed by atoms with van der Waals surface area (Å²) in [5.74, 6) is 0. The average molecular weight is 284 g/mol. The monoisotopic (exact) mass is 284 g/mol. The van der Waals surface area contributed by atoms with Crippen LogP contribution in [0.15, 0.2) is 52.9 Å². The lowest BCUT2D eigenvalue weighted by Gasteiger charge is -2.05. The minimum atomic E-state index is 0.0877. The van der Waals surface area contributed by atoms with Crippen molar-refractivity contribution in [3.63, 3.8) is 0 Å². The van der Waals surface area contributed by atoms with Crippen LogP contribution in [0.3, 0.4) is 0 Å². The van der Waals surface area contributed by atoms with Crippen molar-refractivity contribution in [3.8, 4) is 0 Å². The fourth-order valence-corrected chi connectivity index (χ4v) is 3.09. The van der Waals surface area contributed by atoms with E-state index in [1.807, 2.05) is 17.5 Å². The molecular weight excluding hydrogens is 268 g/mol. The van der Waals surface area contributed by atoms with E-state index in [-0.39, 0.29) is 5.56 Å². The zero-order valence-corrected chi connectivity index (χ0v) is 12.0. The quantitative estimate of drug-likeness (QED) is 0.672. The average Bonchev–Trinajstić information content (AvgIpc) is 2.96. The largest absolute Gasteiger partial charge is 0.298 e. The molecule has 0 atom stereocenters. The van der Waals surface area contributed by atoms with Crippen LogP contribution in [0.5, 0.6) is 0 Å². The van der Waals surface area contributed by atoms with E-state index in [0.717, 1.165) is 36.0 Å². The molecular formula is C16H16N2OS. The molecule has 4 heteroatoms. The summed E-state index contributed by atoms with van der Waals surface area (Å²) in [7, 11) is 0. The van der Waals surface area contributed by atoms with Crippen molar-refractivity contribution in [2.24, 2.45) is 0 Å². The molecule has 0 radical (unpaired) electrons. The van der Waals surface area contributed by atoms with Crippen LogP contribution in [0, 0.1) is 0 Å². The molecule has 3 rings (SSSR count). The molecule has 0 fully saturated rings. The normalized spacial score (nSPS) is 11.0. The number of unbranched alkanes of at least 4 members (excludes halogenated alkanes) is 1. The zero-order chi connectivity index (χ0) is 13.8. The number of hydrogen-bond donors (Lipinski definition) is 0. The third-order valence-electron chi connectivity index (χ3n) is 3.39. The minimum absolute atomic E-state index is 0.0877. The lowest BCUT2D eigenvalue weighted by Crippen LogP contribution is -2.19. The van der Waals surface area contributed by atoms with E-state index in [1.165, 1.54) is 16.9 Å². The highest BCUT2D eigenvalue weighted by atomic mass is 32.1. The summed E-state index contributed by atoms with van der Waals surface area (Å²) < 4.78 is 2.49. The molecule has 0 N–H and O–H groups in total. The van der Waals surface area contributed by atoms with Gasteiger partial charge in [0.05, 0.1) is 11.8 Å². The fourth-order valence-electron chi connectivity index (χ4n) is 2.29. The van der Waals surface area contributed by atoms with Crippen LogP contribution in [0.4, 0.5) is 0 Å². The first kappa shape index (κ1) is 13.1. The van der Waals surface area contributed by atoms with Gasteiger partial charge in [0.25, 0.3) is 5.56 Å². The van der Waals surface area contributed by atoms with Gasteiger partial charge in [0.2, 0.25) is 0 Å². The number of nitrogens with zero attached hydrogens (tertiary/aromatic N) is 2. The highest BCUT2D eigenvalue weighted by molar-refractivity contribution is 7.17. The van der Waals surface area contributed by atoms with Gasteiger partial charge in [-0.3, -0.25) is 9.36 Å². The predicted octanol–water partition coefficient (Wildman–Crippen LogP) is 3.48. The Bertz CT molecular complexity index is 746. The number of aryl methyl sites for hydroxylation is 2. The first-order valence-electron chi connectivity index (χ1n) is 6.81. The van der Waals surface area contributed by atoms with E-state index >= 15 is 0 Å². The van der Waals surface area contributed by atoms with Crippen molar-refractivity contribution in [1.29, 1.82) is 0 Å². The molecule has 3 nitrogen and oxygen atoms in total. The Balaban J connectivity index is 1.60. The summed E-state index contributed by atoms with van der Waals surface area (Å²) in [5, 5.41) is 1.92. The predicted molar refractivity (Wildman–Crippen MR) is 83.3 cm³/mol. The maximum absolute atomic E-state index is 12.2. The molecule has 2 aromatic heterocycles. The maximum atomic E-state index is 12.2. The fraction of sp³-hybridized carbons (Fsp3) is 0.250. The van der Waals surface area contributed by atoms with E-state index in [9.17, 15) is 4.79 Å². The van der Waals surface area contributed by atoms with E-state index in [4.69, 9.17) is 0 Å². The Morgan fingerprint density at radius 1 is 1.10 bits per heavy atom. The second-order valence-electron chi connectivity index (χ2n) is 4.82. The zero-order valence-electron chi connectivity index (χ0n) is 11.2. The number of rotatable bonds is 5. The summed E-state index contributed by atoms with van der Waals surface area (Å²) in [6.07, 6.45) is 4.80. The van der Waals surface area contributed by atoms with Crippen molar-refractivity contribution in [2.45, 2.75) is 25.8 Å². The molecule has 102 valence electrons. The van der Waals surface area contributed by atoms with Crippen LogP contribution >= 0.6 is 11.3 Å². The number of hydrogen-bond acceptors (Lipinski definition) is 3. The van der Waals surface area contributed by atoms with Gasteiger partial charge in [-0.2, -0.15) is 0 Å². The van der Waals surface area contributed by atoms with Crippen LogP contribution in [-0.4, -0.2) is 9.55 Å². The third kappa shape index (κ3) is 2.80. The van der Waals surface area contributed by atoms with Gasteiger partial charge in [-0.25, -0.2) is 4.98 Å². The molecule has 0 aliphatic rings. The summed E-state index contributed by atoms with van der Waals surface area (Å²) in [6, 6.07) is 12.3. The van der Waals surface area contributed by atoms with Crippen molar-refractivity contribution in [2.75, 3.05) is 0 Å². The Labute approximate surface area is 121 Å². The molecule has 0 saturated carbocycles. The van der Waals surface area contributed by atoms with E-state index in [1.54, 1.807) is 10.9 Å². The molecule has 0 saturated heterocycles. The SMILES string of the molecule is O=c1c2sccc2ncn1CCCCc1ccccc1. The lowest BCUT2D eigenvalue weighted by molar-refractivity contribution is 0.590. The van der Waals surface area contributed by atoms with E-state index < -0.39 is 0 Å². The van der Waals surface area contributed by atoms with Gasteiger partial charge in [0, 0.05) is 6.54 Å². The van der Waals surface area contributed by atoms with Crippen LogP contribution in [0.25, 0.3) is 10.2 Å². The standard InChI is InChI=1S/C16H16N2OS/c19-16-15-14(9-11-20-15)17-12-18(16)10-5-4-8-13-6-2-1-3-7-13/h1-3,6-7,9,11-12H,4-5,8,10H2. The van der Waals surface area contributed by atoms with Gasteiger partial charge in [-0.05, 0) is 36.3 Å². The first-order chi connectivity index (χ1) is 9.84. The summed E-state index contributed by atoms with van der Waals surface area (Å²) >= 11 is 1.47. The Morgan fingerprint density at radius 2 is 1.95 bits per heavy atom. The first-order valence-corrected chi connectivity index (χ1v) is 7.69. The summed E-state index contributed by atoms with van der Waals surface area (Å²) in [6.45, 7) is 0.743. The van der Waals surface area contributed by atoms with E-state index in [2.05, 4.69) is 29.2 Å². The maximum Gasteiger partial charge on any atom is 0.271 e. The lowest BCUT2D eigenvalue weighted by atomic mass is 10.1. The van der Waals surface area contributed by atoms with Crippen LogP contribution < -0.4 is 5.56 Å². The number of thiophene rings is 1. The topological polar surface area (TPSA) is 34.9 Å². The summed E-state index contributed by atoms with van der Waals surface area (Å²) in [5.41, 5.74) is 2.25. The smallest absolute Gasteiger partial charge is 0.271 e. The minimum Gasteiger partial charge on any atom is -0.298 e. The van der Waals surface area contributed by atoms with Crippen LogP contribution in [0.1, 0.15) is 18.4 Å². The van der Waals surface area contributed by atoms with Gasteiger partial charge in [0.1, 0.15) is 4.70 Å². The second-order valence-corrected chi connectivity index (χ2v) is 5.74. The number of aromatic nitrogens is 2. The highest BCUT2D eigenvalue weighted by Gasteiger charge is 2.04. The van der Waals surface area contributed by atoms with Crippen molar-refractivity contribution >= 4 is 21.6 Å². The Morgan fingerprint density at radius 3 is 2.80 bits per heavy atom. The second kappa shape index (κ2) is 6.01. The van der Waals surface area contributed by atoms with Gasteiger partial charge in [-0.15, -0.1) is 11.3 Å². The molecule has 0 aliphatic carbocycles. The molecule has 2 heterocycles. The van der Waals surface area contributed by atoms with Gasteiger partial charge in [-0.1, -0.05) is 30.3 Å². The molecule has 0 aliphatic heterocycles. The van der Waals surface area contributed by atoms with Crippen LogP contribution in [-0.2, 0) is 13.0 Å². The Kier molecular flexibility index (Phi) is 3.92. The van der Waals surface area contributed by atoms with Gasteiger partial charge < -0.3 is 0 Å². The molecule has 20 heavy (non-hydrogen) atoms. The number of benzene rings is 1. The van der Waals surface area contributed by atoms with Gasteiger partial charge >= 0.3 is 0 Å². The molecule has 0 bridgehead atoms. The highest BCUT2D eigenvalue weighted by Crippen LogP contribution is 2.13. The molecule has 0 amide bonds. The van der Waals surface area contributed by atoms with E-state index in [0.29, 0.717) is 0 Å². The van der Waals surface area contributed by atoms with Crippen molar-refractivity contribution in [3.05, 3.63) is 64.0 Å². The summed E-state index contributed by atoms with van der Waals surface area (Å²) in [4.78, 5) is 16.5. The number of fused-ring (bicyclic) bond motifs is 1. The third-order valence-corrected chi connectivity index (χ3v) is 4.28. The molecule has 0 unspecified atom stereocenters. The molecule has 3 aromatic rings. The Hall–Kier alpha value is -1.94. The molecule has 1 aromatic carbocycles. The van der Waals surface area contributed by atoms with Crippen LogP contribution in [0.2, 0.25) is 0 Å².